The van der Waals surface area contributed by atoms with E-state index < -0.39 is 5.97 Å². The van der Waals surface area contributed by atoms with Gasteiger partial charge in [0.1, 0.15) is 0 Å². The third kappa shape index (κ3) is 1.78. The summed E-state index contributed by atoms with van der Waals surface area (Å²) in [5, 5.41) is 14.1. The summed E-state index contributed by atoms with van der Waals surface area (Å²) in [7, 11) is 1.88. The van der Waals surface area contributed by atoms with Gasteiger partial charge in [0.05, 0.1) is 17.6 Å². The van der Waals surface area contributed by atoms with Gasteiger partial charge in [-0.1, -0.05) is 19.1 Å². The van der Waals surface area contributed by atoms with Crippen molar-refractivity contribution < 1.29 is 9.90 Å². The molecule has 0 saturated heterocycles. The van der Waals surface area contributed by atoms with Crippen LogP contribution >= 0.6 is 0 Å². The molecule has 1 atom stereocenters. The first kappa shape index (κ1) is 10.7. The van der Waals surface area contributed by atoms with Gasteiger partial charge in [-0.3, -0.25) is 9.48 Å². The average Bonchev–Trinajstić information content (AvgIpc) is 2.62. The molecule has 4 nitrogen and oxygen atoms in total. The first-order valence-corrected chi connectivity index (χ1v) is 5.22. The van der Waals surface area contributed by atoms with Crippen molar-refractivity contribution in [2.45, 2.75) is 13.3 Å². The van der Waals surface area contributed by atoms with Crippen molar-refractivity contribution in [3.8, 4) is 0 Å². The monoisotopic (exact) mass is 218 g/mol. The molecule has 1 heterocycles. The van der Waals surface area contributed by atoms with Crippen molar-refractivity contribution in [2.75, 3.05) is 0 Å². The van der Waals surface area contributed by atoms with Gasteiger partial charge in [-0.2, -0.15) is 5.10 Å². The van der Waals surface area contributed by atoms with Gasteiger partial charge < -0.3 is 5.11 Å². The molecule has 0 spiro atoms. The maximum absolute atomic E-state index is 10.8. The second kappa shape index (κ2) is 3.96. The van der Waals surface area contributed by atoms with Crippen LogP contribution in [0, 0.1) is 5.92 Å². The highest BCUT2D eigenvalue weighted by molar-refractivity contribution is 5.83. The molecule has 4 heteroatoms. The molecule has 1 aromatic heterocycles. The van der Waals surface area contributed by atoms with Gasteiger partial charge >= 0.3 is 5.97 Å². The van der Waals surface area contributed by atoms with E-state index in [0.717, 1.165) is 16.5 Å². The number of carboxylic acid groups (broad SMARTS) is 1. The molecule has 2 aromatic rings. The summed E-state index contributed by atoms with van der Waals surface area (Å²) in [5.74, 6) is -1.13. The van der Waals surface area contributed by atoms with Crippen molar-refractivity contribution in [2.24, 2.45) is 13.0 Å². The van der Waals surface area contributed by atoms with E-state index in [-0.39, 0.29) is 5.92 Å². The lowest BCUT2D eigenvalue weighted by Gasteiger charge is -2.07. The average molecular weight is 218 g/mol. The Bertz CT molecular complexity index is 531. The topological polar surface area (TPSA) is 55.1 Å². The number of rotatable bonds is 3. The zero-order chi connectivity index (χ0) is 11.7. The van der Waals surface area contributed by atoms with E-state index in [1.807, 2.05) is 25.2 Å². The lowest BCUT2D eigenvalue weighted by molar-refractivity contribution is -0.141. The number of aliphatic carboxylic acids is 1. The fourth-order valence-electron chi connectivity index (χ4n) is 1.83. The second-order valence-corrected chi connectivity index (χ2v) is 4.06. The van der Waals surface area contributed by atoms with E-state index in [0.29, 0.717) is 6.42 Å². The first-order valence-electron chi connectivity index (χ1n) is 5.22. The third-order valence-corrected chi connectivity index (χ3v) is 2.83. The molecule has 1 unspecified atom stereocenters. The van der Waals surface area contributed by atoms with Crippen molar-refractivity contribution >= 4 is 16.9 Å². The van der Waals surface area contributed by atoms with E-state index >= 15 is 0 Å². The number of nitrogens with zero attached hydrogens (tertiary/aromatic N) is 2. The van der Waals surface area contributed by atoms with Gasteiger partial charge in [0.2, 0.25) is 0 Å². The molecule has 16 heavy (non-hydrogen) atoms. The predicted octanol–water partition coefficient (Wildman–Crippen LogP) is 1.84. The Hall–Kier alpha value is -1.84. The summed E-state index contributed by atoms with van der Waals surface area (Å²) in [6.07, 6.45) is 2.33. The number of aryl methyl sites for hydroxylation is 1. The lowest BCUT2D eigenvalue weighted by Crippen LogP contribution is -2.12. The maximum Gasteiger partial charge on any atom is 0.306 e. The van der Waals surface area contributed by atoms with Gasteiger partial charge in [-0.15, -0.1) is 0 Å². The number of hydrogen-bond donors (Lipinski definition) is 1. The van der Waals surface area contributed by atoms with Crippen LogP contribution in [-0.4, -0.2) is 20.9 Å². The van der Waals surface area contributed by atoms with Crippen LogP contribution in [0.4, 0.5) is 0 Å². The van der Waals surface area contributed by atoms with E-state index in [9.17, 15) is 4.79 Å². The summed E-state index contributed by atoms with van der Waals surface area (Å²) < 4.78 is 1.80. The number of aromatic nitrogens is 2. The van der Waals surface area contributed by atoms with Crippen molar-refractivity contribution in [3.05, 3.63) is 30.0 Å². The van der Waals surface area contributed by atoms with Crippen LogP contribution in [0.25, 0.3) is 10.9 Å². The Morgan fingerprint density at radius 3 is 3.00 bits per heavy atom. The fraction of sp³-hybridized carbons (Fsp3) is 0.333. The standard InChI is InChI=1S/C12H14N2O2/c1-8(12(15)16)6-9-4-3-5-11-10(9)7-13-14(11)2/h3-5,7-8H,6H2,1-2H3,(H,15,16). The number of benzene rings is 1. The highest BCUT2D eigenvalue weighted by Crippen LogP contribution is 2.20. The van der Waals surface area contributed by atoms with Crippen LogP contribution in [0.3, 0.4) is 0 Å². The summed E-state index contributed by atoms with van der Waals surface area (Å²) in [4.78, 5) is 10.8. The number of fused-ring (bicyclic) bond motifs is 1. The molecule has 0 aliphatic heterocycles. The van der Waals surface area contributed by atoms with Crippen LogP contribution in [-0.2, 0) is 18.3 Å². The van der Waals surface area contributed by atoms with E-state index in [1.54, 1.807) is 17.8 Å². The zero-order valence-electron chi connectivity index (χ0n) is 9.34. The predicted molar refractivity (Wildman–Crippen MR) is 61.2 cm³/mol. The first-order chi connectivity index (χ1) is 7.59. The van der Waals surface area contributed by atoms with Crippen LogP contribution < -0.4 is 0 Å². The van der Waals surface area contributed by atoms with Crippen LogP contribution in [0.1, 0.15) is 12.5 Å². The van der Waals surface area contributed by atoms with Crippen molar-refractivity contribution in [1.29, 1.82) is 0 Å². The molecule has 0 radical (unpaired) electrons. The molecule has 0 aliphatic rings. The lowest BCUT2D eigenvalue weighted by atomic mass is 9.99. The molecule has 0 amide bonds. The second-order valence-electron chi connectivity index (χ2n) is 4.06. The van der Waals surface area contributed by atoms with Gasteiger partial charge in [0.25, 0.3) is 0 Å². The highest BCUT2D eigenvalue weighted by Gasteiger charge is 2.14. The minimum absolute atomic E-state index is 0.370. The Morgan fingerprint density at radius 2 is 2.31 bits per heavy atom. The summed E-state index contributed by atoms with van der Waals surface area (Å²) in [5.41, 5.74) is 2.08. The van der Waals surface area contributed by atoms with Crippen LogP contribution in [0.15, 0.2) is 24.4 Å². The smallest absolute Gasteiger partial charge is 0.306 e. The third-order valence-electron chi connectivity index (χ3n) is 2.83. The van der Waals surface area contributed by atoms with Gasteiger partial charge in [0, 0.05) is 12.4 Å². The van der Waals surface area contributed by atoms with Gasteiger partial charge in [0.15, 0.2) is 0 Å². The maximum atomic E-state index is 10.8. The van der Waals surface area contributed by atoms with Crippen LogP contribution in [0.5, 0.6) is 0 Å². The van der Waals surface area contributed by atoms with E-state index in [4.69, 9.17) is 5.11 Å². The largest absolute Gasteiger partial charge is 0.481 e. The van der Waals surface area contributed by atoms with E-state index in [2.05, 4.69) is 5.10 Å². The van der Waals surface area contributed by atoms with Crippen molar-refractivity contribution in [1.82, 2.24) is 9.78 Å². The Kier molecular flexibility index (Phi) is 2.64. The Balaban J connectivity index is 2.41. The molecule has 2 rings (SSSR count). The summed E-state index contributed by atoms with van der Waals surface area (Å²) >= 11 is 0. The van der Waals surface area contributed by atoms with Gasteiger partial charge in [-0.05, 0) is 18.1 Å². The minimum atomic E-state index is -0.763. The van der Waals surface area contributed by atoms with Gasteiger partial charge in [-0.25, -0.2) is 0 Å². The summed E-state index contributed by atoms with van der Waals surface area (Å²) in [6, 6.07) is 5.88. The number of hydrogen-bond acceptors (Lipinski definition) is 2. The number of carbonyl (C=O) groups is 1. The molecule has 0 saturated carbocycles. The molecule has 0 fully saturated rings. The Morgan fingerprint density at radius 1 is 1.56 bits per heavy atom. The molecule has 1 N–H and O–H groups in total. The summed E-state index contributed by atoms with van der Waals surface area (Å²) in [6.45, 7) is 1.72. The molecule has 0 aliphatic carbocycles. The van der Waals surface area contributed by atoms with Crippen LogP contribution in [0.2, 0.25) is 0 Å². The molecular weight excluding hydrogens is 204 g/mol. The van der Waals surface area contributed by atoms with E-state index in [1.165, 1.54) is 0 Å². The molecule has 0 bridgehead atoms. The minimum Gasteiger partial charge on any atom is -0.481 e. The fourth-order valence-corrected chi connectivity index (χ4v) is 1.83. The zero-order valence-corrected chi connectivity index (χ0v) is 9.34. The SMILES string of the molecule is CC(Cc1cccc2c1cnn2C)C(=O)O. The Labute approximate surface area is 93.5 Å². The number of carboxylic acids is 1. The quantitative estimate of drug-likeness (QED) is 0.855. The van der Waals surface area contributed by atoms with Crippen molar-refractivity contribution in [3.63, 3.8) is 0 Å². The normalized spacial score (nSPS) is 12.9. The molecular formula is C12H14N2O2. The molecule has 1 aromatic carbocycles. The highest BCUT2D eigenvalue weighted by atomic mass is 16.4. The molecule has 84 valence electrons.